The van der Waals surface area contributed by atoms with Gasteiger partial charge in [0.05, 0.1) is 34.3 Å². The molecule has 0 radical (unpaired) electrons. The average Bonchev–Trinajstić information content (AvgIpc) is 3.39. The van der Waals surface area contributed by atoms with E-state index in [1.807, 2.05) is 0 Å². The van der Waals surface area contributed by atoms with Crippen LogP contribution in [0.25, 0.3) is 0 Å². The molecule has 2 aromatic rings. The molecule has 0 bridgehead atoms. The van der Waals surface area contributed by atoms with Crippen LogP contribution in [0.2, 0.25) is 0 Å². The summed E-state index contributed by atoms with van der Waals surface area (Å²) in [5.74, 6) is -2.30. The van der Waals surface area contributed by atoms with Gasteiger partial charge in [0.25, 0.3) is 5.91 Å². The second-order valence-corrected chi connectivity index (χ2v) is 9.91. The third kappa shape index (κ3) is 3.68. The van der Waals surface area contributed by atoms with Gasteiger partial charge in [0.2, 0.25) is 0 Å². The molecular weight excluding hydrogens is 462 g/mol. The van der Waals surface area contributed by atoms with Gasteiger partial charge in [-0.3, -0.25) is 9.78 Å². The molecule has 3 atom stereocenters. The van der Waals surface area contributed by atoms with Crippen LogP contribution in [0.15, 0.2) is 35.1 Å². The Balaban J connectivity index is 1.71. The van der Waals surface area contributed by atoms with E-state index >= 15 is 0 Å². The molecule has 1 fully saturated rings. The molecule has 1 unspecified atom stereocenters. The molecule has 1 amide bonds. The third-order valence-corrected chi connectivity index (χ3v) is 7.80. The molecular formula is C23H26F2N6O2S. The van der Waals surface area contributed by atoms with Gasteiger partial charge in [-0.2, -0.15) is 0 Å². The number of anilines is 2. The second-order valence-electron chi connectivity index (χ2n) is 8.79. The van der Waals surface area contributed by atoms with Crippen LogP contribution in [0, 0.1) is 11.6 Å². The zero-order valence-corrected chi connectivity index (χ0v) is 19.2. The molecule has 5 rings (SSSR count). The number of nitrogens with two attached hydrogens (primary N) is 3. The summed E-state index contributed by atoms with van der Waals surface area (Å²) in [5.41, 5.74) is 21.1. The first-order valence-electron chi connectivity index (χ1n) is 11.2. The van der Waals surface area contributed by atoms with E-state index in [4.69, 9.17) is 17.2 Å². The third-order valence-electron chi connectivity index (χ3n) is 6.68. The number of hydrogen-bond acceptors (Lipinski definition) is 8. The first-order valence-corrected chi connectivity index (χ1v) is 12.0. The van der Waals surface area contributed by atoms with Crippen molar-refractivity contribution < 1.29 is 18.7 Å². The molecule has 34 heavy (non-hydrogen) atoms. The number of nitrogens with zero attached hydrogens (tertiary/aromatic N) is 3. The fourth-order valence-electron chi connectivity index (χ4n) is 5.07. The van der Waals surface area contributed by atoms with Gasteiger partial charge in [-0.15, -0.1) is 0 Å². The van der Waals surface area contributed by atoms with Gasteiger partial charge in [-0.05, 0) is 43.4 Å². The number of fused-ring (bicyclic) bond motifs is 1. The number of carbonyl (C=O) groups is 1. The Morgan fingerprint density at radius 3 is 2.65 bits per heavy atom. The van der Waals surface area contributed by atoms with Crippen LogP contribution in [-0.2, 0) is 17.6 Å². The number of pyridine rings is 1. The summed E-state index contributed by atoms with van der Waals surface area (Å²) in [7, 11) is 0. The normalized spacial score (nSPS) is 24.6. The van der Waals surface area contributed by atoms with Crippen LogP contribution < -0.4 is 27.0 Å². The summed E-state index contributed by atoms with van der Waals surface area (Å²) >= 11 is 0.967. The molecule has 8 nitrogen and oxygen atoms in total. The molecule has 180 valence electrons. The second kappa shape index (κ2) is 8.71. The SMILES string of the molecule is NC(=O)C1=C(N)SC(c2c(F)cccc2F)N1c1cnc2c(c1N1CC[C@H](O)[C@H](N)C1)CCC2. The van der Waals surface area contributed by atoms with Crippen LogP contribution in [0.5, 0.6) is 0 Å². The molecule has 1 aromatic heterocycles. The standard InChI is InChI=1S/C23H26F2N6O2S/c24-12-4-2-5-13(25)18(12)23-31(20(21(27)33)22(28)34-23)16-9-29-15-6-1-3-11(15)19(16)30-8-7-17(32)14(26)10-30/h2,4-5,9,14,17,23,32H,1,3,6-8,10,26,28H2,(H2,27,33)/t14-,17+,23?/m1/s1. The number of halogens is 2. The van der Waals surface area contributed by atoms with Gasteiger partial charge in [0.1, 0.15) is 22.7 Å². The number of aliphatic hydroxyl groups excluding tert-OH is 1. The smallest absolute Gasteiger partial charge is 0.268 e. The lowest BCUT2D eigenvalue weighted by Gasteiger charge is -2.40. The number of hydrogen-bond donors (Lipinski definition) is 4. The maximum atomic E-state index is 14.9. The van der Waals surface area contributed by atoms with Crippen molar-refractivity contribution in [2.75, 3.05) is 22.9 Å². The van der Waals surface area contributed by atoms with E-state index in [0.717, 1.165) is 48.0 Å². The highest BCUT2D eigenvalue weighted by atomic mass is 32.2. The Morgan fingerprint density at radius 1 is 1.24 bits per heavy atom. The quantitative estimate of drug-likeness (QED) is 0.510. The molecule has 0 saturated carbocycles. The number of aryl methyl sites for hydroxylation is 1. The van der Waals surface area contributed by atoms with Crippen molar-refractivity contribution in [1.82, 2.24) is 4.98 Å². The van der Waals surface area contributed by atoms with Gasteiger partial charge in [0.15, 0.2) is 0 Å². The largest absolute Gasteiger partial charge is 0.392 e. The fraction of sp³-hybridized carbons (Fsp3) is 0.391. The Labute approximate surface area is 199 Å². The lowest BCUT2D eigenvalue weighted by atomic mass is 10.00. The van der Waals surface area contributed by atoms with Crippen LogP contribution in [-0.4, -0.2) is 41.2 Å². The van der Waals surface area contributed by atoms with Crippen molar-refractivity contribution in [3.05, 3.63) is 63.6 Å². The van der Waals surface area contributed by atoms with Gasteiger partial charge in [-0.25, -0.2) is 8.78 Å². The van der Waals surface area contributed by atoms with Crippen molar-refractivity contribution in [2.24, 2.45) is 17.2 Å². The van der Waals surface area contributed by atoms with Crippen molar-refractivity contribution in [2.45, 2.75) is 43.2 Å². The molecule has 11 heteroatoms. The van der Waals surface area contributed by atoms with Crippen molar-refractivity contribution in [3.8, 4) is 0 Å². The number of piperidine rings is 1. The van der Waals surface area contributed by atoms with E-state index in [9.17, 15) is 18.7 Å². The first-order chi connectivity index (χ1) is 16.3. The molecule has 1 aromatic carbocycles. The highest BCUT2D eigenvalue weighted by molar-refractivity contribution is 8.03. The molecule has 1 saturated heterocycles. The molecule has 1 aliphatic carbocycles. The zero-order chi connectivity index (χ0) is 24.1. The highest BCUT2D eigenvalue weighted by Crippen LogP contribution is 2.52. The Bertz CT molecular complexity index is 1170. The van der Waals surface area contributed by atoms with Crippen molar-refractivity contribution in [1.29, 1.82) is 0 Å². The first kappa shape index (κ1) is 22.9. The minimum Gasteiger partial charge on any atom is -0.392 e. The van der Waals surface area contributed by atoms with Crippen LogP contribution >= 0.6 is 11.8 Å². The molecule has 2 aliphatic heterocycles. The Morgan fingerprint density at radius 2 is 1.97 bits per heavy atom. The van der Waals surface area contributed by atoms with Crippen molar-refractivity contribution >= 4 is 29.0 Å². The van der Waals surface area contributed by atoms with Crippen LogP contribution in [0.3, 0.4) is 0 Å². The number of benzene rings is 1. The minimum absolute atomic E-state index is 0.0278. The van der Waals surface area contributed by atoms with E-state index in [-0.39, 0.29) is 16.3 Å². The number of thioether (sulfide) groups is 1. The topological polar surface area (TPSA) is 135 Å². The molecule has 7 N–H and O–H groups in total. The van der Waals surface area contributed by atoms with Gasteiger partial charge in [0, 0.05) is 24.8 Å². The van der Waals surface area contributed by atoms with Gasteiger partial charge >= 0.3 is 0 Å². The average molecular weight is 489 g/mol. The van der Waals surface area contributed by atoms with E-state index in [1.54, 1.807) is 6.20 Å². The number of primary amides is 1. The number of rotatable bonds is 4. The summed E-state index contributed by atoms with van der Waals surface area (Å²) in [6, 6.07) is 3.16. The predicted octanol–water partition coefficient (Wildman–Crippen LogP) is 1.61. The van der Waals surface area contributed by atoms with Crippen LogP contribution in [0.1, 0.15) is 35.0 Å². The Kier molecular flexibility index (Phi) is 5.86. The summed E-state index contributed by atoms with van der Waals surface area (Å²) in [6.07, 6.45) is 3.97. The van der Waals surface area contributed by atoms with E-state index in [1.165, 1.54) is 23.1 Å². The molecule has 3 heterocycles. The Hall–Kier alpha value is -2.89. The lowest BCUT2D eigenvalue weighted by Crippen LogP contribution is -2.52. The summed E-state index contributed by atoms with van der Waals surface area (Å²) < 4.78 is 29.8. The molecule has 3 aliphatic rings. The highest BCUT2D eigenvalue weighted by Gasteiger charge is 2.42. The van der Waals surface area contributed by atoms with Gasteiger partial charge < -0.3 is 32.1 Å². The monoisotopic (exact) mass is 488 g/mol. The number of amides is 1. The maximum Gasteiger partial charge on any atom is 0.268 e. The van der Waals surface area contributed by atoms with Crippen molar-refractivity contribution in [3.63, 3.8) is 0 Å². The number of aliphatic hydroxyl groups is 1. The van der Waals surface area contributed by atoms with E-state index < -0.39 is 35.1 Å². The summed E-state index contributed by atoms with van der Waals surface area (Å²) in [4.78, 5) is 20.7. The van der Waals surface area contributed by atoms with E-state index in [0.29, 0.717) is 25.2 Å². The van der Waals surface area contributed by atoms with E-state index in [2.05, 4.69) is 9.88 Å². The number of aromatic nitrogens is 1. The van der Waals surface area contributed by atoms with Crippen LogP contribution in [0.4, 0.5) is 20.2 Å². The summed E-state index contributed by atoms with van der Waals surface area (Å²) in [5, 5.41) is 9.26. The predicted molar refractivity (Wildman–Crippen MR) is 127 cm³/mol. The maximum absolute atomic E-state index is 14.9. The minimum atomic E-state index is -0.993. The molecule has 0 spiro atoms. The fourth-order valence-corrected chi connectivity index (χ4v) is 6.29. The lowest BCUT2D eigenvalue weighted by molar-refractivity contribution is -0.114. The zero-order valence-electron chi connectivity index (χ0n) is 18.4. The van der Waals surface area contributed by atoms with Gasteiger partial charge in [-0.1, -0.05) is 17.8 Å². The number of carbonyl (C=O) groups excluding carboxylic acids is 1. The summed E-state index contributed by atoms with van der Waals surface area (Å²) in [6.45, 7) is 0.915.